The average molecular weight is 308 g/mol. The number of unbranched alkanes of at least 4 members (excludes halogenated alkanes) is 1. The van der Waals surface area contributed by atoms with Gasteiger partial charge in [0.25, 0.3) is 5.91 Å². The monoisotopic (exact) mass is 308 g/mol. The molecule has 0 aromatic heterocycles. The topological polar surface area (TPSA) is 89.9 Å². The number of aliphatic carboxylic acids is 1. The maximum absolute atomic E-state index is 11.8. The van der Waals surface area contributed by atoms with Gasteiger partial charge in [-0.25, -0.2) is 4.79 Å². The lowest BCUT2D eigenvalue weighted by atomic mass is 10.0. The molecule has 0 radical (unpaired) electrons. The molecule has 122 valence electrons. The van der Waals surface area contributed by atoms with Crippen molar-refractivity contribution in [3.05, 3.63) is 30.3 Å². The number of carboxylic acids is 1. The van der Waals surface area contributed by atoms with Crippen molar-refractivity contribution in [3.8, 4) is 0 Å². The maximum atomic E-state index is 11.8. The summed E-state index contributed by atoms with van der Waals surface area (Å²) in [6.07, 6.45) is 2.51. The first-order chi connectivity index (χ1) is 10.5. The van der Waals surface area contributed by atoms with Gasteiger partial charge in [0, 0.05) is 18.7 Å². The minimum absolute atomic E-state index is 0.0872. The lowest BCUT2D eigenvalue weighted by Crippen LogP contribution is -2.46. The predicted molar refractivity (Wildman–Crippen MR) is 84.8 cm³/mol. The molecule has 1 aliphatic heterocycles. The number of nitrogens with one attached hydrogen (secondary N) is 1. The zero-order valence-corrected chi connectivity index (χ0v) is 13.1. The highest BCUT2D eigenvalue weighted by Crippen LogP contribution is 2.28. The van der Waals surface area contributed by atoms with Crippen LogP contribution in [0.2, 0.25) is 0 Å². The van der Waals surface area contributed by atoms with E-state index >= 15 is 0 Å². The molecule has 0 spiro atoms. The van der Waals surface area contributed by atoms with E-state index in [9.17, 15) is 14.7 Å². The minimum Gasteiger partial charge on any atom is -0.479 e. The van der Waals surface area contributed by atoms with Crippen LogP contribution in [0.3, 0.4) is 0 Å². The van der Waals surface area contributed by atoms with Crippen molar-refractivity contribution in [2.75, 3.05) is 25.0 Å². The number of carboxylic acid groups (broad SMARTS) is 1. The first-order valence-corrected chi connectivity index (χ1v) is 7.44. The fourth-order valence-electron chi connectivity index (χ4n) is 2.11. The molecule has 1 aromatic rings. The summed E-state index contributed by atoms with van der Waals surface area (Å²) < 4.78 is 0. The number of carbonyl (C=O) groups excluding carboxylic acids is 1. The number of hydrogen-bond acceptors (Lipinski definition) is 4. The van der Waals surface area contributed by atoms with Crippen molar-refractivity contribution in [1.29, 1.82) is 0 Å². The van der Waals surface area contributed by atoms with Gasteiger partial charge in [-0.15, -0.1) is 0 Å². The standard InChI is InChI=1S/C11H11NO4.C5H13N/c13-9-11(16,10(14)15)6-7-12(9)8-4-2-1-3-5-8;1-3-4-5-6-2/h1-5,16H,6-7H2,(H,14,15);6H,3-5H2,1-2H3/t11-;/m0./s1. The third-order valence-electron chi connectivity index (χ3n) is 3.50. The molecule has 0 unspecified atom stereocenters. The Bertz CT molecular complexity index is 488. The largest absolute Gasteiger partial charge is 0.479 e. The number of nitrogens with zero attached hydrogens (tertiary/aromatic N) is 1. The van der Waals surface area contributed by atoms with Crippen LogP contribution in [0, 0.1) is 0 Å². The molecule has 6 nitrogen and oxygen atoms in total. The summed E-state index contributed by atoms with van der Waals surface area (Å²) in [5, 5.41) is 21.6. The van der Waals surface area contributed by atoms with E-state index in [1.54, 1.807) is 30.3 Å². The van der Waals surface area contributed by atoms with Gasteiger partial charge in [0.1, 0.15) is 0 Å². The van der Waals surface area contributed by atoms with E-state index in [1.807, 2.05) is 7.05 Å². The molecule has 0 bridgehead atoms. The molecular formula is C16H24N2O4. The van der Waals surface area contributed by atoms with Gasteiger partial charge in [0.2, 0.25) is 5.60 Å². The summed E-state index contributed by atoms with van der Waals surface area (Å²) >= 11 is 0. The molecule has 1 aromatic carbocycles. The first-order valence-electron chi connectivity index (χ1n) is 7.44. The Morgan fingerprint density at radius 1 is 1.36 bits per heavy atom. The van der Waals surface area contributed by atoms with Gasteiger partial charge in [-0.05, 0) is 32.1 Å². The molecule has 2 rings (SSSR count). The van der Waals surface area contributed by atoms with Crippen molar-refractivity contribution in [3.63, 3.8) is 0 Å². The highest BCUT2D eigenvalue weighted by atomic mass is 16.4. The van der Waals surface area contributed by atoms with E-state index in [2.05, 4.69) is 12.2 Å². The van der Waals surface area contributed by atoms with Crippen molar-refractivity contribution in [2.45, 2.75) is 31.8 Å². The van der Waals surface area contributed by atoms with Gasteiger partial charge in [-0.2, -0.15) is 0 Å². The number of para-hydroxylation sites is 1. The van der Waals surface area contributed by atoms with Gasteiger partial charge < -0.3 is 20.4 Å². The van der Waals surface area contributed by atoms with E-state index in [-0.39, 0.29) is 13.0 Å². The summed E-state index contributed by atoms with van der Waals surface area (Å²) in [6.45, 7) is 3.57. The molecule has 3 N–H and O–H groups in total. The minimum atomic E-state index is -2.27. The summed E-state index contributed by atoms with van der Waals surface area (Å²) in [6, 6.07) is 8.70. The smallest absolute Gasteiger partial charge is 0.345 e. The van der Waals surface area contributed by atoms with E-state index < -0.39 is 17.5 Å². The molecule has 6 heteroatoms. The highest BCUT2D eigenvalue weighted by molar-refractivity contribution is 6.14. The van der Waals surface area contributed by atoms with Crippen molar-refractivity contribution < 1.29 is 19.8 Å². The Morgan fingerprint density at radius 2 is 2.00 bits per heavy atom. The summed E-state index contributed by atoms with van der Waals surface area (Å²) in [7, 11) is 1.98. The Kier molecular flexibility index (Phi) is 7.01. The van der Waals surface area contributed by atoms with Crippen LogP contribution in [0.5, 0.6) is 0 Å². The van der Waals surface area contributed by atoms with E-state index in [1.165, 1.54) is 17.7 Å². The zero-order chi connectivity index (χ0) is 16.6. The number of aliphatic hydroxyl groups is 1. The molecule has 1 fully saturated rings. The SMILES string of the molecule is CCCCNC.O=C(O)[C@]1(O)CCN(c2ccccc2)C1=O. The fourth-order valence-corrected chi connectivity index (χ4v) is 2.11. The van der Waals surface area contributed by atoms with Gasteiger partial charge >= 0.3 is 5.97 Å². The number of carbonyl (C=O) groups is 2. The average Bonchev–Trinajstić information content (AvgIpc) is 2.84. The van der Waals surface area contributed by atoms with Crippen LogP contribution >= 0.6 is 0 Å². The molecule has 22 heavy (non-hydrogen) atoms. The quantitative estimate of drug-likeness (QED) is 0.562. The van der Waals surface area contributed by atoms with E-state index in [0.29, 0.717) is 5.69 Å². The third-order valence-corrected chi connectivity index (χ3v) is 3.50. The molecule has 0 aliphatic carbocycles. The zero-order valence-electron chi connectivity index (χ0n) is 13.1. The number of hydrogen-bond donors (Lipinski definition) is 3. The Morgan fingerprint density at radius 3 is 2.41 bits per heavy atom. The van der Waals surface area contributed by atoms with Gasteiger partial charge in [-0.3, -0.25) is 4.79 Å². The van der Waals surface area contributed by atoms with Crippen LogP contribution in [0.15, 0.2) is 30.3 Å². The van der Waals surface area contributed by atoms with Gasteiger partial charge in [0.05, 0.1) is 0 Å². The molecule has 1 saturated heterocycles. The lowest BCUT2D eigenvalue weighted by molar-refractivity contribution is -0.162. The molecular weight excluding hydrogens is 284 g/mol. The van der Waals surface area contributed by atoms with Crippen LogP contribution in [-0.4, -0.2) is 47.8 Å². The number of benzene rings is 1. The van der Waals surface area contributed by atoms with E-state index in [0.717, 1.165) is 6.54 Å². The molecule has 1 atom stereocenters. The Balaban J connectivity index is 0.000000346. The van der Waals surface area contributed by atoms with Crippen LogP contribution < -0.4 is 10.2 Å². The number of amides is 1. The number of anilines is 1. The van der Waals surface area contributed by atoms with Crippen molar-refractivity contribution in [1.82, 2.24) is 5.32 Å². The first kappa shape index (κ1) is 18.1. The second kappa shape index (κ2) is 8.51. The second-order valence-corrected chi connectivity index (χ2v) is 5.16. The third kappa shape index (κ3) is 4.29. The Hall–Kier alpha value is -1.92. The van der Waals surface area contributed by atoms with Crippen molar-refractivity contribution >= 4 is 17.6 Å². The molecule has 1 aliphatic rings. The highest BCUT2D eigenvalue weighted by Gasteiger charge is 2.52. The maximum Gasteiger partial charge on any atom is 0.345 e. The van der Waals surface area contributed by atoms with Crippen LogP contribution in [0.4, 0.5) is 5.69 Å². The van der Waals surface area contributed by atoms with Gasteiger partial charge in [-0.1, -0.05) is 31.5 Å². The summed E-state index contributed by atoms with van der Waals surface area (Å²) in [5.41, 5.74) is -1.67. The predicted octanol–water partition coefficient (Wildman–Crippen LogP) is 1.24. The summed E-state index contributed by atoms with van der Waals surface area (Å²) in [4.78, 5) is 23.9. The molecule has 1 heterocycles. The van der Waals surface area contributed by atoms with Crippen LogP contribution in [0.25, 0.3) is 0 Å². The fraction of sp³-hybridized carbons (Fsp3) is 0.500. The Labute approximate surface area is 130 Å². The normalized spacial score (nSPS) is 20.5. The van der Waals surface area contributed by atoms with Crippen LogP contribution in [0.1, 0.15) is 26.2 Å². The number of rotatable bonds is 5. The summed E-state index contributed by atoms with van der Waals surface area (Å²) in [5.74, 6) is -2.26. The van der Waals surface area contributed by atoms with Crippen molar-refractivity contribution in [2.24, 2.45) is 0 Å². The second-order valence-electron chi connectivity index (χ2n) is 5.16. The molecule has 1 amide bonds. The molecule has 0 saturated carbocycles. The van der Waals surface area contributed by atoms with E-state index in [4.69, 9.17) is 5.11 Å². The van der Waals surface area contributed by atoms with Gasteiger partial charge in [0.15, 0.2) is 0 Å². The lowest BCUT2D eigenvalue weighted by Gasteiger charge is -2.18. The van der Waals surface area contributed by atoms with Crippen LogP contribution in [-0.2, 0) is 9.59 Å².